The molecule has 1 aliphatic carbocycles. The number of ether oxygens (including phenoxy) is 1. The number of carboxylic acids is 1. The molecule has 2 aliphatic rings. The molecule has 204 valence electrons. The lowest BCUT2D eigenvalue weighted by molar-refractivity contribution is -0.178. The number of amides is 1. The smallest absolute Gasteiger partial charge is 0.354 e. The number of aromatic amines is 1. The van der Waals surface area contributed by atoms with Crippen molar-refractivity contribution in [3.8, 4) is 5.75 Å². The van der Waals surface area contributed by atoms with Gasteiger partial charge in [-0.25, -0.2) is 18.6 Å². The quantitative estimate of drug-likeness (QED) is 0.361. The molecular formula is C27H33F2N5O4. The zero-order valence-electron chi connectivity index (χ0n) is 21.5. The normalized spacial score (nSPS) is 17.8. The second kappa shape index (κ2) is 10.9. The van der Waals surface area contributed by atoms with Crippen LogP contribution < -0.4 is 15.8 Å². The van der Waals surface area contributed by atoms with Crippen molar-refractivity contribution < 1.29 is 28.2 Å². The first-order valence-corrected chi connectivity index (χ1v) is 12.5. The Labute approximate surface area is 219 Å². The number of hydrogen-bond acceptors (Lipinski definition) is 6. The van der Waals surface area contributed by atoms with Crippen LogP contribution in [0.1, 0.15) is 47.3 Å². The van der Waals surface area contributed by atoms with Crippen LogP contribution in [-0.4, -0.2) is 64.5 Å². The number of primary amides is 1. The monoisotopic (exact) mass is 529 g/mol. The Morgan fingerprint density at radius 3 is 2.55 bits per heavy atom. The SMILES string of the molecule is COc1cc(C)c2[nH]ccc2c1CN1CCC2(CC1)CC(F)(F)C2.NC(=O)CNc1cccc(C(=O)O)n1. The van der Waals surface area contributed by atoms with Crippen molar-refractivity contribution in [1.82, 2.24) is 14.9 Å². The number of halogens is 2. The third-order valence-corrected chi connectivity index (χ3v) is 7.31. The number of anilines is 1. The third kappa shape index (κ3) is 6.21. The van der Waals surface area contributed by atoms with Gasteiger partial charge in [-0.3, -0.25) is 9.69 Å². The lowest BCUT2D eigenvalue weighted by atomic mass is 9.61. The molecule has 1 aromatic carbocycles. The number of benzene rings is 1. The minimum atomic E-state index is -2.42. The molecule has 1 amide bonds. The van der Waals surface area contributed by atoms with E-state index in [0.717, 1.165) is 43.7 Å². The van der Waals surface area contributed by atoms with Gasteiger partial charge < -0.3 is 25.9 Å². The number of carbonyl (C=O) groups is 2. The number of likely N-dealkylation sites (tertiary alicyclic amines) is 1. The standard InChI is InChI=1S/C19H24F2N2O.C8H9N3O3/c1-13-9-16(24-2)15(14-3-6-22-17(13)14)10-23-7-4-18(5-8-23)11-19(20,21)12-18;9-6(12)4-10-7-3-1-2-5(11-7)8(13)14/h3,6,9,22H,4-5,7-8,10-12H2,1-2H3;1-3H,4H2,(H2,9,12)(H,10,11)(H,13,14). The Morgan fingerprint density at radius 1 is 1.24 bits per heavy atom. The summed E-state index contributed by atoms with van der Waals surface area (Å²) in [6, 6.07) is 8.61. The maximum absolute atomic E-state index is 13.3. The number of piperidine rings is 1. The van der Waals surface area contributed by atoms with Crippen LogP contribution in [0.25, 0.3) is 10.9 Å². The second-order valence-corrected chi connectivity index (χ2v) is 10.2. The van der Waals surface area contributed by atoms with E-state index in [0.29, 0.717) is 5.82 Å². The molecule has 0 atom stereocenters. The number of aromatic carboxylic acids is 1. The van der Waals surface area contributed by atoms with E-state index in [1.165, 1.54) is 28.6 Å². The molecule has 0 bridgehead atoms. The number of fused-ring (bicyclic) bond motifs is 1. The Balaban J connectivity index is 0.000000206. The van der Waals surface area contributed by atoms with E-state index in [4.69, 9.17) is 15.6 Å². The average molecular weight is 530 g/mol. The highest BCUT2D eigenvalue weighted by molar-refractivity contribution is 5.88. The zero-order chi connectivity index (χ0) is 27.5. The molecule has 5 rings (SSSR count). The van der Waals surface area contributed by atoms with Crippen molar-refractivity contribution in [2.45, 2.75) is 45.1 Å². The molecule has 38 heavy (non-hydrogen) atoms. The highest BCUT2D eigenvalue weighted by Crippen LogP contribution is 2.57. The molecule has 0 radical (unpaired) electrons. The molecule has 1 aliphatic heterocycles. The van der Waals surface area contributed by atoms with Gasteiger partial charge in [-0.05, 0) is 68.1 Å². The lowest BCUT2D eigenvalue weighted by Crippen LogP contribution is -2.52. The summed E-state index contributed by atoms with van der Waals surface area (Å²) in [5, 5.41) is 12.4. The van der Waals surface area contributed by atoms with Gasteiger partial charge in [0, 0.05) is 42.0 Å². The molecule has 5 N–H and O–H groups in total. The summed E-state index contributed by atoms with van der Waals surface area (Å²) >= 11 is 0. The fraction of sp³-hybridized carbons (Fsp3) is 0.444. The van der Waals surface area contributed by atoms with Crippen LogP contribution in [0, 0.1) is 12.3 Å². The Kier molecular flexibility index (Phi) is 7.86. The molecular weight excluding hydrogens is 496 g/mol. The predicted octanol–water partition coefficient (Wildman–Crippen LogP) is 4.17. The third-order valence-electron chi connectivity index (χ3n) is 7.31. The minimum absolute atomic E-state index is 0.0733. The number of hydrogen-bond donors (Lipinski definition) is 4. The van der Waals surface area contributed by atoms with Gasteiger partial charge in [0.05, 0.1) is 13.7 Å². The van der Waals surface area contributed by atoms with Crippen molar-refractivity contribution in [1.29, 1.82) is 0 Å². The number of carbonyl (C=O) groups excluding carboxylic acids is 1. The van der Waals surface area contributed by atoms with Crippen molar-refractivity contribution in [2.75, 3.05) is 32.1 Å². The molecule has 0 unspecified atom stereocenters. The molecule has 1 saturated carbocycles. The van der Waals surface area contributed by atoms with Crippen molar-refractivity contribution >= 4 is 28.6 Å². The summed E-state index contributed by atoms with van der Waals surface area (Å²) in [4.78, 5) is 30.3. The largest absolute Gasteiger partial charge is 0.496 e. The van der Waals surface area contributed by atoms with E-state index in [9.17, 15) is 18.4 Å². The van der Waals surface area contributed by atoms with E-state index >= 15 is 0 Å². The number of nitrogens with one attached hydrogen (secondary N) is 2. The van der Waals surface area contributed by atoms with Crippen molar-refractivity contribution in [3.63, 3.8) is 0 Å². The molecule has 3 aromatic rings. The van der Waals surface area contributed by atoms with Crippen LogP contribution in [0.15, 0.2) is 36.5 Å². The predicted molar refractivity (Wildman–Crippen MR) is 140 cm³/mol. The maximum Gasteiger partial charge on any atom is 0.354 e. The maximum atomic E-state index is 13.3. The first kappa shape index (κ1) is 27.3. The summed E-state index contributed by atoms with van der Waals surface area (Å²) in [6.07, 6.45) is 3.90. The Hall–Kier alpha value is -3.73. The number of methoxy groups -OCH3 is 1. The molecule has 11 heteroatoms. The van der Waals surface area contributed by atoms with Crippen LogP contribution in [0.5, 0.6) is 5.75 Å². The Bertz CT molecular complexity index is 1310. The van der Waals surface area contributed by atoms with Crippen LogP contribution in [-0.2, 0) is 11.3 Å². The number of nitrogens with zero attached hydrogens (tertiary/aromatic N) is 2. The zero-order valence-corrected chi connectivity index (χ0v) is 21.5. The average Bonchev–Trinajstić information content (AvgIpc) is 3.36. The van der Waals surface area contributed by atoms with E-state index in [-0.39, 0.29) is 30.5 Å². The number of H-pyrrole nitrogens is 1. The van der Waals surface area contributed by atoms with Crippen molar-refractivity contribution in [3.05, 3.63) is 53.3 Å². The van der Waals surface area contributed by atoms with E-state index in [2.05, 4.69) is 39.2 Å². The first-order valence-electron chi connectivity index (χ1n) is 12.5. The molecule has 2 aromatic heterocycles. The van der Waals surface area contributed by atoms with Crippen LogP contribution in [0.3, 0.4) is 0 Å². The fourth-order valence-electron chi connectivity index (χ4n) is 5.42. The fourth-order valence-corrected chi connectivity index (χ4v) is 5.42. The molecule has 3 heterocycles. The number of aromatic nitrogens is 2. The summed E-state index contributed by atoms with van der Waals surface area (Å²) in [6.45, 7) is 4.59. The number of alkyl halides is 2. The van der Waals surface area contributed by atoms with Gasteiger partial charge in [0.25, 0.3) is 0 Å². The number of carboxylic acid groups (broad SMARTS) is 1. The van der Waals surface area contributed by atoms with Gasteiger partial charge in [0.2, 0.25) is 11.8 Å². The number of nitrogens with two attached hydrogens (primary N) is 1. The van der Waals surface area contributed by atoms with Gasteiger partial charge in [-0.1, -0.05) is 6.07 Å². The molecule has 1 saturated heterocycles. The van der Waals surface area contributed by atoms with E-state index in [1.807, 2.05) is 6.20 Å². The van der Waals surface area contributed by atoms with Crippen LogP contribution in [0.4, 0.5) is 14.6 Å². The number of pyridine rings is 1. The molecule has 9 nitrogen and oxygen atoms in total. The number of rotatable bonds is 7. The molecule has 2 fully saturated rings. The highest BCUT2D eigenvalue weighted by Gasteiger charge is 2.56. The Morgan fingerprint density at radius 2 is 1.95 bits per heavy atom. The van der Waals surface area contributed by atoms with E-state index in [1.54, 1.807) is 13.2 Å². The van der Waals surface area contributed by atoms with Gasteiger partial charge >= 0.3 is 5.97 Å². The van der Waals surface area contributed by atoms with Gasteiger partial charge in [-0.15, -0.1) is 0 Å². The van der Waals surface area contributed by atoms with Gasteiger partial charge in [0.15, 0.2) is 5.69 Å². The topological polar surface area (TPSA) is 134 Å². The van der Waals surface area contributed by atoms with E-state index < -0.39 is 17.8 Å². The van der Waals surface area contributed by atoms with Crippen molar-refractivity contribution in [2.24, 2.45) is 11.1 Å². The summed E-state index contributed by atoms with van der Waals surface area (Å²) < 4.78 is 32.1. The highest BCUT2D eigenvalue weighted by atomic mass is 19.3. The summed E-state index contributed by atoms with van der Waals surface area (Å²) in [7, 11) is 1.71. The van der Waals surface area contributed by atoms with Gasteiger partial charge in [-0.2, -0.15) is 0 Å². The lowest BCUT2D eigenvalue weighted by Gasteiger charge is -2.51. The number of aryl methyl sites for hydroxylation is 1. The van der Waals surface area contributed by atoms with Crippen LogP contribution >= 0.6 is 0 Å². The molecule has 1 spiro atoms. The second-order valence-electron chi connectivity index (χ2n) is 10.2. The first-order chi connectivity index (χ1) is 18.0. The minimum Gasteiger partial charge on any atom is -0.496 e. The van der Waals surface area contributed by atoms with Gasteiger partial charge in [0.1, 0.15) is 11.6 Å². The summed E-state index contributed by atoms with van der Waals surface area (Å²) in [5.74, 6) is -2.85. The summed E-state index contributed by atoms with van der Waals surface area (Å²) in [5.41, 5.74) is 8.22. The van der Waals surface area contributed by atoms with Crippen LogP contribution in [0.2, 0.25) is 0 Å².